The number of H-pyrrole nitrogens is 1. The summed E-state index contributed by atoms with van der Waals surface area (Å²) in [4.78, 5) is 0. The van der Waals surface area contributed by atoms with Gasteiger partial charge in [0.05, 0.1) is 6.54 Å². The number of nitrogens with one attached hydrogen (secondary N) is 1. The van der Waals surface area contributed by atoms with E-state index < -0.39 is 0 Å². The minimum Gasteiger partial charge on any atom is -0.301 e. The Kier molecular flexibility index (Phi) is 3.69. The molecule has 0 saturated heterocycles. The van der Waals surface area contributed by atoms with Crippen LogP contribution in [0.4, 0.5) is 0 Å². The molecule has 0 radical (unpaired) electrons. The topological polar surface area (TPSA) is 20.7 Å². The van der Waals surface area contributed by atoms with Gasteiger partial charge in [0.1, 0.15) is 4.64 Å². The van der Waals surface area contributed by atoms with Crippen molar-refractivity contribution in [3.8, 4) is 0 Å². The molecule has 0 saturated carbocycles. The van der Waals surface area contributed by atoms with Crippen LogP contribution < -0.4 is 0 Å². The van der Waals surface area contributed by atoms with Crippen LogP contribution in [0.1, 0.15) is 31.0 Å². The Labute approximate surface area is 111 Å². The van der Waals surface area contributed by atoms with Gasteiger partial charge in [0.25, 0.3) is 0 Å². The fourth-order valence-corrected chi connectivity index (χ4v) is 2.14. The molecule has 90 valence electrons. The van der Waals surface area contributed by atoms with Crippen LogP contribution in [0.3, 0.4) is 0 Å². The highest BCUT2D eigenvalue weighted by atomic mass is 35.5. The Balaban J connectivity index is 2.27. The van der Waals surface area contributed by atoms with Gasteiger partial charge in [0.15, 0.2) is 0 Å². The average molecular weight is 267 g/mol. The summed E-state index contributed by atoms with van der Waals surface area (Å²) in [6.45, 7) is 5.01. The number of aromatic nitrogens is 2. The van der Waals surface area contributed by atoms with Gasteiger partial charge in [-0.25, -0.2) is 0 Å². The zero-order valence-corrected chi connectivity index (χ0v) is 11.5. The summed E-state index contributed by atoms with van der Waals surface area (Å²) in [6.07, 6.45) is 0. The second-order valence-electron chi connectivity index (χ2n) is 4.42. The molecule has 2 rings (SSSR count). The van der Waals surface area contributed by atoms with Crippen molar-refractivity contribution in [1.29, 1.82) is 0 Å². The average Bonchev–Trinajstić information content (AvgIpc) is 2.61. The van der Waals surface area contributed by atoms with Crippen molar-refractivity contribution in [2.75, 3.05) is 0 Å². The number of hydrogen-bond donors (Lipinski definition) is 1. The summed E-state index contributed by atoms with van der Waals surface area (Å²) in [5, 5.41) is 4.07. The predicted octanol–water partition coefficient (Wildman–Crippen LogP) is 4.37. The Hall–Kier alpha value is -1.06. The summed E-state index contributed by atoms with van der Waals surface area (Å²) >= 11 is 11.3. The van der Waals surface area contributed by atoms with Gasteiger partial charge >= 0.3 is 0 Å². The van der Waals surface area contributed by atoms with E-state index in [9.17, 15) is 0 Å². The maximum Gasteiger partial charge on any atom is 0.122 e. The molecule has 0 atom stereocenters. The van der Waals surface area contributed by atoms with Crippen molar-refractivity contribution in [2.45, 2.75) is 26.3 Å². The first-order valence-corrected chi connectivity index (χ1v) is 6.39. The fraction of sp³-hybridized carbons (Fsp3) is 0.308. The van der Waals surface area contributed by atoms with E-state index in [-0.39, 0.29) is 0 Å². The lowest BCUT2D eigenvalue weighted by molar-refractivity contribution is 0.651. The molecule has 17 heavy (non-hydrogen) atoms. The summed E-state index contributed by atoms with van der Waals surface area (Å²) in [7, 11) is 0. The van der Waals surface area contributed by atoms with Crippen molar-refractivity contribution in [3.63, 3.8) is 0 Å². The van der Waals surface area contributed by atoms with Gasteiger partial charge in [-0.15, -0.1) is 0 Å². The summed E-state index contributed by atoms with van der Waals surface area (Å²) in [6, 6.07) is 9.85. The second-order valence-corrected chi connectivity index (χ2v) is 5.28. The molecular weight excluding hydrogens is 252 g/mol. The Morgan fingerprint density at radius 2 is 2.12 bits per heavy atom. The highest BCUT2D eigenvalue weighted by molar-refractivity contribution is 7.71. The Bertz CT molecular complexity index is 569. The van der Waals surface area contributed by atoms with E-state index in [0.717, 1.165) is 27.5 Å². The second kappa shape index (κ2) is 5.07. The third-order valence-electron chi connectivity index (χ3n) is 2.66. The number of benzene rings is 1. The van der Waals surface area contributed by atoms with Crippen molar-refractivity contribution in [3.05, 3.63) is 51.3 Å². The summed E-state index contributed by atoms with van der Waals surface area (Å²) in [5.74, 6) is 0.456. The molecular formula is C13H15ClN2S. The molecule has 2 aromatic rings. The van der Waals surface area contributed by atoms with Crippen molar-refractivity contribution in [2.24, 2.45) is 0 Å². The molecule has 0 spiro atoms. The Morgan fingerprint density at radius 1 is 1.35 bits per heavy atom. The van der Waals surface area contributed by atoms with Gasteiger partial charge < -0.3 is 5.10 Å². The highest BCUT2D eigenvalue weighted by Gasteiger charge is 2.04. The van der Waals surface area contributed by atoms with E-state index >= 15 is 0 Å². The van der Waals surface area contributed by atoms with Crippen LogP contribution in [-0.2, 0) is 6.54 Å². The van der Waals surface area contributed by atoms with Gasteiger partial charge in [-0.2, -0.15) is 0 Å². The van der Waals surface area contributed by atoms with E-state index in [1.165, 1.54) is 0 Å². The number of hydrogen-bond acceptors (Lipinski definition) is 1. The number of aromatic amines is 1. The van der Waals surface area contributed by atoms with Crippen LogP contribution >= 0.6 is 23.8 Å². The first-order chi connectivity index (χ1) is 8.06. The lowest BCUT2D eigenvalue weighted by Crippen LogP contribution is -2.02. The molecule has 0 unspecified atom stereocenters. The fourth-order valence-electron chi connectivity index (χ4n) is 1.69. The number of nitrogens with zero attached hydrogens (tertiary/aromatic N) is 1. The third-order valence-corrected chi connectivity index (χ3v) is 3.23. The molecule has 4 heteroatoms. The van der Waals surface area contributed by atoms with E-state index in [2.05, 4.69) is 18.9 Å². The molecule has 1 N–H and O–H groups in total. The van der Waals surface area contributed by atoms with Gasteiger partial charge in [-0.3, -0.25) is 4.68 Å². The maximum absolute atomic E-state index is 5.96. The van der Waals surface area contributed by atoms with Gasteiger partial charge in [0.2, 0.25) is 0 Å². The lowest BCUT2D eigenvalue weighted by Gasteiger charge is -2.05. The molecule has 0 amide bonds. The number of rotatable bonds is 3. The molecule has 1 aromatic heterocycles. The third kappa shape index (κ3) is 2.99. The zero-order valence-electron chi connectivity index (χ0n) is 9.90. The van der Waals surface area contributed by atoms with Crippen LogP contribution in [0.5, 0.6) is 0 Å². The SMILES string of the molecule is CC(C)c1cc(=S)n(Cc2cccc(Cl)c2)[nH]1. The van der Waals surface area contributed by atoms with Gasteiger partial charge in [0, 0.05) is 10.7 Å². The largest absolute Gasteiger partial charge is 0.301 e. The van der Waals surface area contributed by atoms with Gasteiger partial charge in [-0.05, 0) is 29.7 Å². The Morgan fingerprint density at radius 3 is 2.71 bits per heavy atom. The normalized spacial score (nSPS) is 11.1. The van der Waals surface area contributed by atoms with E-state index in [0.29, 0.717) is 5.92 Å². The van der Waals surface area contributed by atoms with Crippen molar-refractivity contribution in [1.82, 2.24) is 9.78 Å². The van der Waals surface area contributed by atoms with Crippen LogP contribution in [-0.4, -0.2) is 9.78 Å². The molecule has 1 aromatic carbocycles. The maximum atomic E-state index is 5.96. The minimum atomic E-state index is 0.456. The van der Waals surface area contributed by atoms with Gasteiger partial charge in [-0.1, -0.05) is 49.8 Å². The zero-order chi connectivity index (χ0) is 12.4. The molecule has 0 fully saturated rings. The number of halogens is 1. The molecule has 0 aliphatic carbocycles. The van der Waals surface area contributed by atoms with E-state index in [1.807, 2.05) is 35.0 Å². The molecule has 1 heterocycles. The van der Waals surface area contributed by atoms with Crippen LogP contribution in [0.2, 0.25) is 5.02 Å². The quantitative estimate of drug-likeness (QED) is 0.818. The van der Waals surface area contributed by atoms with E-state index in [4.69, 9.17) is 23.8 Å². The first-order valence-electron chi connectivity index (χ1n) is 5.60. The summed E-state index contributed by atoms with van der Waals surface area (Å²) in [5.41, 5.74) is 2.31. The first kappa shape index (κ1) is 12.4. The predicted molar refractivity (Wildman–Crippen MR) is 74.3 cm³/mol. The summed E-state index contributed by atoms with van der Waals surface area (Å²) < 4.78 is 2.80. The lowest BCUT2D eigenvalue weighted by atomic mass is 10.1. The van der Waals surface area contributed by atoms with Crippen molar-refractivity contribution < 1.29 is 0 Å². The minimum absolute atomic E-state index is 0.456. The molecule has 2 nitrogen and oxygen atoms in total. The van der Waals surface area contributed by atoms with Crippen molar-refractivity contribution >= 4 is 23.8 Å². The smallest absolute Gasteiger partial charge is 0.122 e. The van der Waals surface area contributed by atoms with Crippen LogP contribution in [0, 0.1) is 4.64 Å². The highest BCUT2D eigenvalue weighted by Crippen LogP contribution is 2.15. The molecule has 0 aliphatic heterocycles. The van der Waals surface area contributed by atoms with E-state index in [1.54, 1.807) is 0 Å². The molecule has 0 bridgehead atoms. The van der Waals surface area contributed by atoms with Crippen LogP contribution in [0.15, 0.2) is 30.3 Å². The van der Waals surface area contributed by atoms with Crippen LogP contribution in [0.25, 0.3) is 0 Å². The standard InChI is InChI=1S/C13H15ClN2S/c1-9(2)12-7-13(17)16(15-12)8-10-4-3-5-11(14)6-10/h3-7,9,15H,8H2,1-2H3. The molecule has 0 aliphatic rings. The monoisotopic (exact) mass is 266 g/mol.